The van der Waals surface area contributed by atoms with Gasteiger partial charge in [-0.3, -0.25) is 0 Å². The average Bonchev–Trinajstić information content (AvgIpc) is 2.04. The number of hydrogen-bond acceptors (Lipinski definition) is 1. The average molecular weight is 250 g/mol. The monoisotopic (exact) mass is 248 g/mol. The molecule has 0 aliphatic carbocycles. The zero-order valence-corrected chi connectivity index (χ0v) is 9.32. The minimum Gasteiger partial charge on any atom is -0.495 e. The Balaban J connectivity index is 3.02. The molecular formula is C9H10BrClO. The first-order valence-corrected chi connectivity index (χ1v) is 4.92. The molecule has 0 N–H and O–H groups in total. The molecule has 0 fully saturated rings. The number of halogens is 2. The van der Waals surface area contributed by atoms with Gasteiger partial charge in [-0.2, -0.15) is 0 Å². The highest BCUT2D eigenvalue weighted by molar-refractivity contribution is 9.09. The summed E-state index contributed by atoms with van der Waals surface area (Å²) in [7, 11) is 1.61. The molecule has 0 aromatic heterocycles. The van der Waals surface area contributed by atoms with Crippen molar-refractivity contribution in [2.45, 2.75) is 11.8 Å². The molecule has 1 aromatic carbocycles. The summed E-state index contributed by atoms with van der Waals surface area (Å²) in [5, 5.41) is 0.654. The molecule has 0 aliphatic heterocycles. The Morgan fingerprint density at radius 1 is 1.50 bits per heavy atom. The van der Waals surface area contributed by atoms with Crippen molar-refractivity contribution < 1.29 is 4.74 Å². The summed E-state index contributed by atoms with van der Waals surface area (Å²) in [6.07, 6.45) is 0. The highest BCUT2D eigenvalue weighted by Gasteiger charge is 2.04. The maximum absolute atomic E-state index is 5.93. The lowest BCUT2D eigenvalue weighted by atomic mass is 10.2. The summed E-state index contributed by atoms with van der Waals surface area (Å²) in [6.45, 7) is 2.05. The normalized spacial score (nSPS) is 12.7. The van der Waals surface area contributed by atoms with Crippen LogP contribution in [-0.2, 0) is 0 Å². The smallest absolute Gasteiger partial charge is 0.137 e. The molecule has 0 aliphatic rings. The van der Waals surface area contributed by atoms with Gasteiger partial charge < -0.3 is 4.74 Å². The Bertz CT molecular complexity index is 273. The van der Waals surface area contributed by atoms with Crippen LogP contribution in [0.15, 0.2) is 18.2 Å². The summed E-state index contributed by atoms with van der Waals surface area (Å²) >= 11 is 9.39. The summed E-state index contributed by atoms with van der Waals surface area (Å²) in [5.74, 6) is 0.716. The molecule has 0 bridgehead atoms. The lowest BCUT2D eigenvalue weighted by Gasteiger charge is -2.07. The first kappa shape index (κ1) is 9.87. The topological polar surface area (TPSA) is 9.23 Å². The number of hydrogen-bond donors (Lipinski definition) is 0. The first-order valence-electron chi connectivity index (χ1n) is 3.62. The molecular weight excluding hydrogens is 239 g/mol. The van der Waals surface area contributed by atoms with E-state index in [2.05, 4.69) is 22.9 Å². The summed E-state index contributed by atoms with van der Waals surface area (Å²) < 4.78 is 5.03. The highest BCUT2D eigenvalue weighted by Crippen LogP contribution is 2.30. The van der Waals surface area contributed by atoms with Gasteiger partial charge in [-0.1, -0.05) is 33.6 Å². The van der Waals surface area contributed by atoms with Crippen LogP contribution < -0.4 is 4.74 Å². The Morgan fingerprint density at radius 3 is 2.58 bits per heavy atom. The highest BCUT2D eigenvalue weighted by atomic mass is 79.9. The predicted molar refractivity (Wildman–Crippen MR) is 55.3 cm³/mol. The van der Waals surface area contributed by atoms with Gasteiger partial charge in [0.2, 0.25) is 0 Å². The Labute approximate surface area is 85.8 Å². The molecule has 3 heteroatoms. The van der Waals surface area contributed by atoms with Crippen LogP contribution in [0.2, 0.25) is 5.02 Å². The van der Waals surface area contributed by atoms with Crippen LogP contribution in [0.1, 0.15) is 17.3 Å². The van der Waals surface area contributed by atoms with Gasteiger partial charge in [-0.05, 0) is 24.6 Å². The van der Waals surface area contributed by atoms with Crippen molar-refractivity contribution in [1.82, 2.24) is 0 Å². The summed E-state index contributed by atoms with van der Waals surface area (Å²) in [5.41, 5.74) is 1.15. The van der Waals surface area contributed by atoms with E-state index in [1.165, 1.54) is 0 Å². The molecule has 1 nitrogen and oxygen atoms in total. The van der Waals surface area contributed by atoms with Crippen molar-refractivity contribution in [3.05, 3.63) is 28.8 Å². The van der Waals surface area contributed by atoms with Crippen molar-refractivity contribution in [3.8, 4) is 5.75 Å². The van der Waals surface area contributed by atoms with Crippen molar-refractivity contribution in [2.75, 3.05) is 7.11 Å². The maximum Gasteiger partial charge on any atom is 0.137 e. The molecule has 1 aromatic rings. The van der Waals surface area contributed by atoms with Gasteiger partial charge in [0.1, 0.15) is 5.75 Å². The van der Waals surface area contributed by atoms with Gasteiger partial charge in [-0.25, -0.2) is 0 Å². The number of benzene rings is 1. The third kappa shape index (κ3) is 2.14. The van der Waals surface area contributed by atoms with Crippen molar-refractivity contribution in [3.63, 3.8) is 0 Å². The van der Waals surface area contributed by atoms with Crippen molar-refractivity contribution in [1.29, 1.82) is 0 Å². The quantitative estimate of drug-likeness (QED) is 0.724. The lowest BCUT2D eigenvalue weighted by Crippen LogP contribution is -1.87. The van der Waals surface area contributed by atoms with E-state index in [1.54, 1.807) is 7.11 Å². The number of ether oxygens (including phenoxy) is 1. The molecule has 0 saturated heterocycles. The largest absolute Gasteiger partial charge is 0.495 e. The molecule has 66 valence electrons. The second-order valence-electron chi connectivity index (χ2n) is 2.51. The molecule has 1 atom stereocenters. The Kier molecular flexibility index (Phi) is 3.41. The molecule has 0 radical (unpaired) electrons. The van der Waals surface area contributed by atoms with Gasteiger partial charge in [0.15, 0.2) is 0 Å². The zero-order valence-electron chi connectivity index (χ0n) is 6.97. The number of rotatable bonds is 2. The van der Waals surface area contributed by atoms with E-state index in [0.29, 0.717) is 15.6 Å². The second kappa shape index (κ2) is 4.15. The molecule has 1 unspecified atom stereocenters. The minimum absolute atomic E-state index is 0.320. The zero-order chi connectivity index (χ0) is 9.14. The van der Waals surface area contributed by atoms with Crippen LogP contribution in [-0.4, -0.2) is 7.11 Å². The van der Waals surface area contributed by atoms with E-state index < -0.39 is 0 Å². The van der Waals surface area contributed by atoms with E-state index in [0.717, 1.165) is 5.56 Å². The fraction of sp³-hybridized carbons (Fsp3) is 0.333. The van der Waals surface area contributed by atoms with Crippen LogP contribution in [0.4, 0.5) is 0 Å². The minimum atomic E-state index is 0.320. The Hall–Kier alpha value is -0.210. The third-order valence-electron chi connectivity index (χ3n) is 1.64. The van der Waals surface area contributed by atoms with Crippen LogP contribution >= 0.6 is 27.5 Å². The Morgan fingerprint density at radius 2 is 2.17 bits per heavy atom. The van der Waals surface area contributed by atoms with E-state index in [1.807, 2.05) is 18.2 Å². The molecule has 0 heterocycles. The van der Waals surface area contributed by atoms with Gasteiger partial charge in [0, 0.05) is 4.83 Å². The van der Waals surface area contributed by atoms with Crippen molar-refractivity contribution >= 4 is 27.5 Å². The molecule has 12 heavy (non-hydrogen) atoms. The van der Waals surface area contributed by atoms with Gasteiger partial charge in [0.25, 0.3) is 0 Å². The summed E-state index contributed by atoms with van der Waals surface area (Å²) in [4.78, 5) is 0.320. The maximum atomic E-state index is 5.93. The van der Waals surface area contributed by atoms with Crippen LogP contribution in [0, 0.1) is 0 Å². The van der Waals surface area contributed by atoms with Crippen LogP contribution in [0.5, 0.6) is 5.75 Å². The first-order chi connectivity index (χ1) is 5.65. The fourth-order valence-electron chi connectivity index (χ4n) is 0.930. The number of methoxy groups -OCH3 is 1. The predicted octanol–water partition coefficient (Wildman–Crippen LogP) is 3.80. The van der Waals surface area contributed by atoms with E-state index in [-0.39, 0.29) is 0 Å². The van der Waals surface area contributed by atoms with Crippen molar-refractivity contribution in [2.24, 2.45) is 0 Å². The lowest BCUT2D eigenvalue weighted by molar-refractivity contribution is 0.415. The standard InChI is InChI=1S/C9H10BrClO/c1-6(10)7-3-4-9(12-2)8(11)5-7/h3-6H,1-2H3. The van der Waals surface area contributed by atoms with Gasteiger partial charge in [0.05, 0.1) is 12.1 Å². The van der Waals surface area contributed by atoms with Gasteiger partial charge >= 0.3 is 0 Å². The fourth-order valence-corrected chi connectivity index (χ4v) is 1.48. The molecule has 1 rings (SSSR count). The molecule has 0 amide bonds. The van der Waals surface area contributed by atoms with E-state index >= 15 is 0 Å². The van der Waals surface area contributed by atoms with Crippen LogP contribution in [0.3, 0.4) is 0 Å². The van der Waals surface area contributed by atoms with Crippen LogP contribution in [0.25, 0.3) is 0 Å². The molecule has 0 saturated carbocycles. The SMILES string of the molecule is COc1ccc(C(C)Br)cc1Cl. The number of alkyl halides is 1. The van der Waals surface area contributed by atoms with E-state index in [4.69, 9.17) is 16.3 Å². The van der Waals surface area contributed by atoms with E-state index in [9.17, 15) is 0 Å². The molecule has 0 spiro atoms. The summed E-state index contributed by atoms with van der Waals surface area (Å²) in [6, 6.07) is 5.76. The third-order valence-corrected chi connectivity index (χ3v) is 2.46. The van der Waals surface area contributed by atoms with Gasteiger partial charge in [-0.15, -0.1) is 0 Å². The second-order valence-corrected chi connectivity index (χ2v) is 4.29.